The van der Waals surface area contributed by atoms with Gasteiger partial charge in [-0.25, -0.2) is 0 Å². The van der Waals surface area contributed by atoms with E-state index in [1.807, 2.05) is 0 Å². The average Bonchev–Trinajstić information content (AvgIpc) is 3.08. The Balaban J connectivity index is 2.28. The van der Waals surface area contributed by atoms with Crippen molar-refractivity contribution in [1.29, 1.82) is 0 Å². The van der Waals surface area contributed by atoms with E-state index >= 15 is 0 Å². The van der Waals surface area contributed by atoms with Gasteiger partial charge in [0.1, 0.15) is 0 Å². The van der Waals surface area contributed by atoms with Crippen molar-refractivity contribution in [3.63, 3.8) is 0 Å². The maximum Gasteiger partial charge on any atom is 0.0473 e. The SMILES string of the molecule is Cc1cccc(C(CN)N(C)C2CC2)c1C. The van der Waals surface area contributed by atoms with Crippen LogP contribution in [0.3, 0.4) is 0 Å². The van der Waals surface area contributed by atoms with Crippen LogP contribution in [-0.4, -0.2) is 24.5 Å². The van der Waals surface area contributed by atoms with Crippen molar-refractivity contribution >= 4 is 0 Å². The fraction of sp³-hybridized carbons (Fsp3) is 0.571. The van der Waals surface area contributed by atoms with Crippen LogP contribution in [0, 0.1) is 13.8 Å². The molecule has 0 radical (unpaired) electrons. The first-order chi connectivity index (χ1) is 7.65. The number of hydrogen-bond acceptors (Lipinski definition) is 2. The zero-order valence-corrected chi connectivity index (χ0v) is 10.5. The molecule has 88 valence electrons. The summed E-state index contributed by atoms with van der Waals surface area (Å²) in [6.45, 7) is 5.08. The molecule has 16 heavy (non-hydrogen) atoms. The Kier molecular flexibility index (Phi) is 3.31. The fourth-order valence-corrected chi connectivity index (χ4v) is 2.38. The molecule has 0 amide bonds. The topological polar surface area (TPSA) is 29.3 Å². The van der Waals surface area contributed by atoms with E-state index in [2.05, 4.69) is 44.0 Å². The molecular formula is C14H22N2. The zero-order valence-electron chi connectivity index (χ0n) is 10.5. The molecule has 2 rings (SSSR count). The van der Waals surface area contributed by atoms with Crippen LogP contribution in [0.2, 0.25) is 0 Å². The van der Waals surface area contributed by atoms with Crippen LogP contribution in [0.15, 0.2) is 18.2 Å². The lowest BCUT2D eigenvalue weighted by Gasteiger charge is -2.29. The molecule has 1 aromatic carbocycles. The highest BCUT2D eigenvalue weighted by Crippen LogP contribution is 2.33. The third kappa shape index (κ3) is 2.13. The first-order valence-electron chi connectivity index (χ1n) is 6.13. The van der Waals surface area contributed by atoms with E-state index in [-0.39, 0.29) is 0 Å². The Bertz CT molecular complexity index is 369. The lowest BCUT2D eigenvalue weighted by Crippen LogP contribution is -2.32. The Morgan fingerprint density at radius 1 is 1.38 bits per heavy atom. The summed E-state index contributed by atoms with van der Waals surface area (Å²) in [5.74, 6) is 0. The smallest absolute Gasteiger partial charge is 0.0473 e. The highest BCUT2D eigenvalue weighted by Gasteiger charge is 2.31. The van der Waals surface area contributed by atoms with Gasteiger partial charge in [0, 0.05) is 18.6 Å². The minimum Gasteiger partial charge on any atom is -0.329 e. The molecule has 2 heteroatoms. The number of nitrogens with two attached hydrogens (primary N) is 1. The predicted octanol–water partition coefficient (Wildman–Crippen LogP) is 2.40. The average molecular weight is 218 g/mol. The van der Waals surface area contributed by atoms with E-state index in [4.69, 9.17) is 5.73 Å². The molecule has 0 saturated heterocycles. The van der Waals surface area contributed by atoms with Gasteiger partial charge in [0.2, 0.25) is 0 Å². The first-order valence-corrected chi connectivity index (χ1v) is 6.13. The van der Waals surface area contributed by atoms with Crippen LogP contribution in [0.5, 0.6) is 0 Å². The van der Waals surface area contributed by atoms with E-state index in [9.17, 15) is 0 Å². The summed E-state index contributed by atoms with van der Waals surface area (Å²) in [6, 6.07) is 7.67. The molecule has 1 aliphatic rings. The fourth-order valence-electron chi connectivity index (χ4n) is 2.38. The monoisotopic (exact) mass is 218 g/mol. The summed E-state index contributed by atoms with van der Waals surface area (Å²) >= 11 is 0. The molecular weight excluding hydrogens is 196 g/mol. The van der Waals surface area contributed by atoms with Gasteiger partial charge in [-0.1, -0.05) is 18.2 Å². The Morgan fingerprint density at radius 3 is 2.62 bits per heavy atom. The molecule has 2 nitrogen and oxygen atoms in total. The molecule has 2 N–H and O–H groups in total. The predicted molar refractivity (Wildman–Crippen MR) is 68.5 cm³/mol. The third-order valence-electron chi connectivity index (χ3n) is 3.84. The van der Waals surface area contributed by atoms with Gasteiger partial charge in [0.05, 0.1) is 0 Å². The molecule has 1 fully saturated rings. The third-order valence-corrected chi connectivity index (χ3v) is 3.84. The molecule has 0 spiro atoms. The van der Waals surface area contributed by atoms with Crippen molar-refractivity contribution < 1.29 is 0 Å². The van der Waals surface area contributed by atoms with Gasteiger partial charge in [0.25, 0.3) is 0 Å². The largest absolute Gasteiger partial charge is 0.329 e. The maximum absolute atomic E-state index is 5.95. The second-order valence-electron chi connectivity index (χ2n) is 4.94. The standard InChI is InChI=1S/C14H22N2/c1-10-5-4-6-13(11(10)2)14(9-15)16(3)12-7-8-12/h4-6,12,14H,7-9,15H2,1-3H3. The van der Waals surface area contributed by atoms with Crippen LogP contribution >= 0.6 is 0 Å². The van der Waals surface area contributed by atoms with E-state index in [1.165, 1.54) is 29.5 Å². The zero-order chi connectivity index (χ0) is 11.7. The summed E-state index contributed by atoms with van der Waals surface area (Å²) in [7, 11) is 2.21. The van der Waals surface area contributed by atoms with E-state index in [0.717, 1.165) is 6.04 Å². The van der Waals surface area contributed by atoms with Crippen molar-refractivity contribution in [3.05, 3.63) is 34.9 Å². The molecule has 0 heterocycles. The number of rotatable bonds is 4. The molecule has 1 atom stereocenters. The van der Waals surface area contributed by atoms with Crippen LogP contribution < -0.4 is 5.73 Å². The minimum atomic E-state index is 0.382. The van der Waals surface area contributed by atoms with Crippen molar-refractivity contribution in [2.24, 2.45) is 5.73 Å². The van der Waals surface area contributed by atoms with Crippen molar-refractivity contribution in [1.82, 2.24) is 4.90 Å². The number of benzene rings is 1. The minimum absolute atomic E-state index is 0.382. The van der Waals surface area contributed by atoms with Crippen molar-refractivity contribution in [3.8, 4) is 0 Å². The molecule has 0 aliphatic heterocycles. The lowest BCUT2D eigenvalue weighted by atomic mass is 9.96. The number of aryl methyl sites for hydroxylation is 1. The summed E-state index contributed by atoms with van der Waals surface area (Å²) in [5.41, 5.74) is 10.1. The highest BCUT2D eigenvalue weighted by atomic mass is 15.2. The first kappa shape index (κ1) is 11.6. The molecule has 1 aliphatic carbocycles. The maximum atomic E-state index is 5.95. The Labute approximate surface area is 98.4 Å². The molecule has 1 aromatic rings. The summed E-state index contributed by atoms with van der Waals surface area (Å²) < 4.78 is 0. The second kappa shape index (κ2) is 4.56. The molecule has 0 bridgehead atoms. The van der Waals surface area contributed by atoms with Gasteiger partial charge in [-0.2, -0.15) is 0 Å². The normalized spacial score (nSPS) is 17.8. The van der Waals surface area contributed by atoms with Gasteiger partial charge in [-0.15, -0.1) is 0 Å². The number of hydrogen-bond donors (Lipinski definition) is 1. The van der Waals surface area contributed by atoms with Gasteiger partial charge in [0.15, 0.2) is 0 Å². The van der Waals surface area contributed by atoms with E-state index in [0.29, 0.717) is 12.6 Å². The van der Waals surface area contributed by atoms with E-state index < -0.39 is 0 Å². The van der Waals surface area contributed by atoms with Gasteiger partial charge in [-0.3, -0.25) is 4.90 Å². The summed E-state index contributed by atoms with van der Waals surface area (Å²) in [5, 5.41) is 0. The lowest BCUT2D eigenvalue weighted by molar-refractivity contribution is 0.239. The molecule has 0 aromatic heterocycles. The number of likely N-dealkylation sites (N-methyl/N-ethyl adjacent to an activating group) is 1. The quantitative estimate of drug-likeness (QED) is 0.841. The van der Waals surface area contributed by atoms with Crippen molar-refractivity contribution in [2.45, 2.75) is 38.8 Å². The van der Waals surface area contributed by atoms with Crippen LogP contribution in [0.25, 0.3) is 0 Å². The van der Waals surface area contributed by atoms with Gasteiger partial charge >= 0.3 is 0 Å². The Morgan fingerprint density at radius 2 is 2.06 bits per heavy atom. The Hall–Kier alpha value is -0.860. The van der Waals surface area contributed by atoms with Crippen LogP contribution in [0.4, 0.5) is 0 Å². The number of nitrogens with zero attached hydrogens (tertiary/aromatic N) is 1. The molecule has 1 saturated carbocycles. The van der Waals surface area contributed by atoms with Crippen molar-refractivity contribution in [2.75, 3.05) is 13.6 Å². The van der Waals surface area contributed by atoms with Gasteiger partial charge < -0.3 is 5.73 Å². The highest BCUT2D eigenvalue weighted by molar-refractivity contribution is 5.35. The second-order valence-corrected chi connectivity index (χ2v) is 4.94. The summed E-state index contributed by atoms with van der Waals surface area (Å²) in [4.78, 5) is 2.45. The van der Waals surface area contributed by atoms with Gasteiger partial charge in [-0.05, 0) is 50.4 Å². The molecule has 1 unspecified atom stereocenters. The van der Waals surface area contributed by atoms with Crippen LogP contribution in [0.1, 0.15) is 35.6 Å². The van der Waals surface area contributed by atoms with Crippen LogP contribution in [-0.2, 0) is 0 Å². The van der Waals surface area contributed by atoms with E-state index in [1.54, 1.807) is 0 Å². The summed E-state index contributed by atoms with van der Waals surface area (Å²) in [6.07, 6.45) is 2.66.